The number of nitrogens with one attached hydrogen (secondary N) is 3. The minimum Gasteiger partial charge on any atom is -0.369 e. The Bertz CT molecular complexity index is 1740. The first-order valence-electron chi connectivity index (χ1n) is 14.4. The SMILES string of the molecule is CCN1CCN(c2ccc(Nc3nc(-c4cccc(C(=O)Nc5ccc(C(=O)NC)cc5)c4)cn4ccnc34)cc2)CC1. The van der Waals surface area contributed by atoms with Crippen molar-refractivity contribution in [3.8, 4) is 11.3 Å². The highest BCUT2D eigenvalue weighted by atomic mass is 16.2. The van der Waals surface area contributed by atoms with Gasteiger partial charge in [0.2, 0.25) is 0 Å². The lowest BCUT2D eigenvalue weighted by molar-refractivity contribution is 0.0962. The summed E-state index contributed by atoms with van der Waals surface area (Å²) >= 11 is 0. The van der Waals surface area contributed by atoms with E-state index in [0.29, 0.717) is 34.0 Å². The van der Waals surface area contributed by atoms with E-state index in [1.165, 1.54) is 5.69 Å². The molecule has 10 nitrogen and oxygen atoms in total. The fourth-order valence-corrected chi connectivity index (χ4v) is 5.24. The van der Waals surface area contributed by atoms with Crippen LogP contribution in [0.15, 0.2) is 91.4 Å². The normalized spacial score (nSPS) is 13.6. The Balaban J connectivity index is 1.20. The molecule has 0 aliphatic carbocycles. The summed E-state index contributed by atoms with van der Waals surface area (Å²) < 4.78 is 1.92. The fourth-order valence-electron chi connectivity index (χ4n) is 5.24. The number of imidazole rings is 1. The molecule has 3 aromatic carbocycles. The average Bonchev–Trinajstić information content (AvgIpc) is 3.54. The van der Waals surface area contributed by atoms with Crippen molar-refractivity contribution in [2.75, 3.05) is 55.3 Å². The molecule has 1 fully saturated rings. The Morgan fingerprint density at radius 1 is 0.860 bits per heavy atom. The second-order valence-corrected chi connectivity index (χ2v) is 10.4. The number of carbonyl (C=O) groups excluding carboxylic acids is 2. The van der Waals surface area contributed by atoms with Crippen molar-refractivity contribution in [3.63, 3.8) is 0 Å². The smallest absolute Gasteiger partial charge is 0.255 e. The topological polar surface area (TPSA) is 107 Å². The van der Waals surface area contributed by atoms with Gasteiger partial charge in [-0.2, -0.15) is 0 Å². The molecule has 0 atom stereocenters. The zero-order valence-corrected chi connectivity index (χ0v) is 24.2. The number of aromatic nitrogens is 3. The Morgan fingerprint density at radius 2 is 1.60 bits per heavy atom. The van der Waals surface area contributed by atoms with E-state index < -0.39 is 0 Å². The number of carbonyl (C=O) groups is 2. The van der Waals surface area contributed by atoms with Crippen molar-refractivity contribution in [1.29, 1.82) is 0 Å². The predicted molar refractivity (Wildman–Crippen MR) is 170 cm³/mol. The summed E-state index contributed by atoms with van der Waals surface area (Å²) in [6, 6.07) is 22.5. The number of hydrogen-bond acceptors (Lipinski definition) is 7. The molecule has 3 N–H and O–H groups in total. The van der Waals surface area contributed by atoms with E-state index in [-0.39, 0.29) is 11.8 Å². The van der Waals surface area contributed by atoms with E-state index in [0.717, 1.165) is 44.0 Å². The van der Waals surface area contributed by atoms with Crippen LogP contribution in [0.5, 0.6) is 0 Å². The third-order valence-electron chi connectivity index (χ3n) is 7.74. The number of fused-ring (bicyclic) bond motifs is 1. The lowest BCUT2D eigenvalue weighted by Gasteiger charge is -2.35. The molecule has 1 saturated heterocycles. The Kier molecular flexibility index (Phi) is 8.01. The number of rotatable bonds is 8. The van der Waals surface area contributed by atoms with Crippen LogP contribution >= 0.6 is 0 Å². The molecular weight excluding hydrogens is 540 g/mol. The second kappa shape index (κ2) is 12.3. The first kappa shape index (κ1) is 27.9. The highest BCUT2D eigenvalue weighted by Crippen LogP contribution is 2.27. The highest BCUT2D eigenvalue weighted by molar-refractivity contribution is 6.05. The summed E-state index contributed by atoms with van der Waals surface area (Å²) in [6.07, 6.45) is 5.52. The van der Waals surface area contributed by atoms with Crippen LogP contribution in [0.1, 0.15) is 27.6 Å². The molecule has 0 radical (unpaired) electrons. The minimum atomic E-state index is -0.257. The van der Waals surface area contributed by atoms with Crippen LogP contribution in [0.3, 0.4) is 0 Å². The molecule has 0 unspecified atom stereocenters. The molecule has 0 saturated carbocycles. The number of likely N-dealkylation sites (N-methyl/N-ethyl adjacent to an activating group) is 1. The zero-order chi connectivity index (χ0) is 29.8. The number of hydrogen-bond donors (Lipinski definition) is 3. The van der Waals surface area contributed by atoms with Crippen LogP contribution in [0.4, 0.5) is 22.9 Å². The molecule has 1 aliphatic rings. The van der Waals surface area contributed by atoms with Crippen molar-refractivity contribution >= 4 is 40.3 Å². The van der Waals surface area contributed by atoms with E-state index in [1.54, 1.807) is 43.6 Å². The van der Waals surface area contributed by atoms with Gasteiger partial charge < -0.3 is 30.2 Å². The molecule has 6 rings (SSSR count). The van der Waals surface area contributed by atoms with E-state index >= 15 is 0 Å². The molecule has 10 heteroatoms. The molecule has 2 aromatic heterocycles. The second-order valence-electron chi connectivity index (χ2n) is 10.4. The summed E-state index contributed by atoms with van der Waals surface area (Å²) in [6.45, 7) is 7.53. The maximum absolute atomic E-state index is 13.1. The van der Waals surface area contributed by atoms with E-state index in [4.69, 9.17) is 4.98 Å². The minimum absolute atomic E-state index is 0.181. The van der Waals surface area contributed by atoms with Crippen LogP contribution < -0.4 is 20.9 Å². The van der Waals surface area contributed by atoms with Crippen molar-refractivity contribution < 1.29 is 9.59 Å². The summed E-state index contributed by atoms with van der Waals surface area (Å²) in [7, 11) is 1.58. The molecule has 3 heterocycles. The third kappa shape index (κ3) is 6.19. The molecule has 5 aromatic rings. The zero-order valence-electron chi connectivity index (χ0n) is 24.2. The summed E-state index contributed by atoms with van der Waals surface area (Å²) in [5.41, 5.74) is 5.94. The number of piperazine rings is 1. The Labute approximate surface area is 250 Å². The Morgan fingerprint density at radius 3 is 2.33 bits per heavy atom. The van der Waals surface area contributed by atoms with Crippen LogP contribution in [-0.2, 0) is 0 Å². The van der Waals surface area contributed by atoms with Gasteiger partial charge in [-0.25, -0.2) is 9.97 Å². The van der Waals surface area contributed by atoms with Crippen molar-refractivity contribution in [2.45, 2.75) is 6.92 Å². The van der Waals surface area contributed by atoms with Gasteiger partial charge in [0.05, 0.1) is 5.69 Å². The molecular formula is C33H34N8O2. The summed E-state index contributed by atoms with van der Waals surface area (Å²) in [4.78, 5) is 39.2. The molecule has 1 aliphatic heterocycles. The largest absolute Gasteiger partial charge is 0.369 e. The fraction of sp³-hybridized carbons (Fsp3) is 0.212. The predicted octanol–water partition coefficient (Wildman–Crippen LogP) is 4.89. The van der Waals surface area contributed by atoms with Crippen molar-refractivity contribution in [3.05, 3.63) is 103 Å². The molecule has 218 valence electrons. The van der Waals surface area contributed by atoms with Gasteiger partial charge in [-0.05, 0) is 67.2 Å². The van der Waals surface area contributed by atoms with Crippen molar-refractivity contribution in [2.24, 2.45) is 0 Å². The maximum atomic E-state index is 13.1. The number of anilines is 4. The molecule has 43 heavy (non-hydrogen) atoms. The van der Waals surface area contributed by atoms with Crippen LogP contribution in [0, 0.1) is 0 Å². The van der Waals surface area contributed by atoms with Crippen LogP contribution in [0.25, 0.3) is 16.9 Å². The lowest BCUT2D eigenvalue weighted by Crippen LogP contribution is -2.46. The van der Waals surface area contributed by atoms with Crippen LogP contribution in [-0.4, -0.2) is 70.9 Å². The van der Waals surface area contributed by atoms with Gasteiger partial charge in [0.15, 0.2) is 11.5 Å². The lowest BCUT2D eigenvalue weighted by atomic mass is 10.1. The van der Waals surface area contributed by atoms with Gasteiger partial charge in [-0.1, -0.05) is 19.1 Å². The van der Waals surface area contributed by atoms with Crippen LogP contribution in [0.2, 0.25) is 0 Å². The van der Waals surface area contributed by atoms with E-state index in [1.807, 2.05) is 35.0 Å². The third-order valence-corrected chi connectivity index (χ3v) is 7.74. The maximum Gasteiger partial charge on any atom is 0.255 e. The quantitative estimate of drug-likeness (QED) is 0.242. The molecule has 0 bridgehead atoms. The molecule has 2 amide bonds. The standard InChI is InChI=1S/C33H34N8O2/c1-3-39-17-19-40(20-18-39)28-13-11-26(12-14-28)36-30-31-35-15-16-41(31)22-29(38-30)24-5-4-6-25(21-24)33(43)37-27-9-7-23(8-10-27)32(42)34-2/h4-16,21-22H,3,17-20H2,1-2H3,(H,34,42)(H,36,38)(H,37,43). The van der Waals surface area contributed by atoms with Crippen molar-refractivity contribution in [1.82, 2.24) is 24.6 Å². The van der Waals surface area contributed by atoms with Gasteiger partial charge in [0.1, 0.15) is 0 Å². The van der Waals surface area contributed by atoms with E-state index in [2.05, 4.69) is 61.9 Å². The monoisotopic (exact) mass is 574 g/mol. The summed E-state index contributed by atoms with van der Waals surface area (Å²) in [5, 5.41) is 8.93. The first-order chi connectivity index (χ1) is 21.0. The van der Waals surface area contributed by atoms with E-state index in [9.17, 15) is 9.59 Å². The van der Waals surface area contributed by atoms with Gasteiger partial charge in [-0.15, -0.1) is 0 Å². The average molecular weight is 575 g/mol. The number of benzene rings is 3. The highest BCUT2D eigenvalue weighted by Gasteiger charge is 2.16. The first-order valence-corrected chi connectivity index (χ1v) is 14.4. The Hall–Kier alpha value is -5.22. The number of amides is 2. The number of nitrogens with zero attached hydrogens (tertiary/aromatic N) is 5. The van der Waals surface area contributed by atoms with Gasteiger partial charge in [0.25, 0.3) is 11.8 Å². The van der Waals surface area contributed by atoms with Gasteiger partial charge >= 0.3 is 0 Å². The summed E-state index contributed by atoms with van der Waals surface area (Å²) in [5.74, 6) is 0.186. The molecule has 0 spiro atoms. The van der Waals surface area contributed by atoms with Gasteiger partial charge in [-0.3, -0.25) is 9.59 Å². The van der Waals surface area contributed by atoms with Gasteiger partial charge in [0, 0.05) is 85.6 Å².